The number of nitrogens with one attached hydrogen (secondary N) is 1. The van der Waals surface area contributed by atoms with Crippen LogP contribution in [0.3, 0.4) is 0 Å². The predicted molar refractivity (Wildman–Crippen MR) is 79.4 cm³/mol. The van der Waals surface area contributed by atoms with Crippen molar-refractivity contribution in [2.45, 2.75) is 44.6 Å². The number of carbonyl (C=O) groups excluding carboxylic acids is 1. The maximum Gasteiger partial charge on any atom is 0.252 e. The molecular weight excluding hydrogens is 250 g/mol. The molecule has 1 saturated carbocycles. The summed E-state index contributed by atoms with van der Waals surface area (Å²) in [5.74, 6) is 5.79. The molecule has 2 N–H and O–H groups in total. The molecule has 0 bridgehead atoms. The minimum atomic E-state index is -0.0413. The number of hydrogen-bond donors (Lipinski definition) is 2. The normalized spacial score (nSPS) is 15.7. The molecule has 0 spiro atoms. The van der Waals surface area contributed by atoms with Gasteiger partial charge in [-0.2, -0.15) is 0 Å². The summed E-state index contributed by atoms with van der Waals surface area (Å²) in [6.45, 7) is 2.16. The van der Waals surface area contributed by atoms with Crippen molar-refractivity contribution in [3.63, 3.8) is 0 Å². The topological polar surface area (TPSA) is 49.3 Å². The Morgan fingerprint density at radius 1 is 1.40 bits per heavy atom. The lowest BCUT2D eigenvalue weighted by Crippen LogP contribution is -2.53. The van der Waals surface area contributed by atoms with E-state index in [0.29, 0.717) is 12.0 Å². The van der Waals surface area contributed by atoms with Crippen molar-refractivity contribution >= 4 is 5.91 Å². The lowest BCUT2D eigenvalue weighted by atomic mass is 9.74. The zero-order valence-corrected chi connectivity index (χ0v) is 11.9. The van der Waals surface area contributed by atoms with Crippen LogP contribution in [0.25, 0.3) is 0 Å². The molecule has 0 unspecified atom stereocenters. The Labute approximate surface area is 120 Å². The van der Waals surface area contributed by atoms with E-state index in [9.17, 15) is 4.79 Å². The summed E-state index contributed by atoms with van der Waals surface area (Å²) in [4.78, 5) is 12.4. The van der Waals surface area contributed by atoms with Crippen LogP contribution in [0, 0.1) is 11.8 Å². The van der Waals surface area contributed by atoms with Crippen LogP contribution in [0.5, 0.6) is 0 Å². The first-order valence-corrected chi connectivity index (χ1v) is 7.22. The van der Waals surface area contributed by atoms with Crippen LogP contribution < -0.4 is 5.32 Å². The standard InChI is InChI=1S/C17H21NO2/c1-2-17(11-7-12-17)18-16(20)15-10-4-3-8-14(15)9-5-6-13-19/h3-4,8,10,19H,2,6-7,11-13H2,1H3,(H,18,20). The van der Waals surface area contributed by atoms with Gasteiger partial charge in [-0.25, -0.2) is 0 Å². The number of aliphatic hydroxyl groups is 1. The first kappa shape index (κ1) is 14.6. The second kappa shape index (κ2) is 6.58. The Morgan fingerprint density at radius 3 is 2.75 bits per heavy atom. The number of amides is 1. The molecule has 2 rings (SSSR count). The Morgan fingerprint density at radius 2 is 2.15 bits per heavy atom. The van der Waals surface area contributed by atoms with Crippen molar-refractivity contribution in [1.82, 2.24) is 5.32 Å². The molecule has 0 saturated heterocycles. The van der Waals surface area contributed by atoms with Crippen LogP contribution in [-0.2, 0) is 0 Å². The van der Waals surface area contributed by atoms with E-state index in [2.05, 4.69) is 24.1 Å². The van der Waals surface area contributed by atoms with E-state index < -0.39 is 0 Å². The zero-order chi connectivity index (χ0) is 14.4. The smallest absolute Gasteiger partial charge is 0.252 e. The molecule has 0 atom stereocenters. The second-order valence-electron chi connectivity index (χ2n) is 5.26. The highest BCUT2D eigenvalue weighted by Gasteiger charge is 2.36. The van der Waals surface area contributed by atoms with Gasteiger partial charge in [0.15, 0.2) is 0 Å². The lowest BCUT2D eigenvalue weighted by molar-refractivity contribution is 0.0820. The van der Waals surface area contributed by atoms with Gasteiger partial charge in [0, 0.05) is 17.5 Å². The number of rotatable bonds is 4. The van der Waals surface area contributed by atoms with Gasteiger partial charge in [-0.15, -0.1) is 0 Å². The van der Waals surface area contributed by atoms with Crippen LogP contribution in [0.1, 0.15) is 54.9 Å². The second-order valence-corrected chi connectivity index (χ2v) is 5.26. The fourth-order valence-corrected chi connectivity index (χ4v) is 2.48. The minimum absolute atomic E-state index is 0.0112. The summed E-state index contributed by atoms with van der Waals surface area (Å²) < 4.78 is 0. The summed E-state index contributed by atoms with van der Waals surface area (Å²) in [6, 6.07) is 7.38. The third-order valence-electron chi connectivity index (χ3n) is 4.00. The van der Waals surface area contributed by atoms with E-state index in [1.165, 1.54) is 6.42 Å². The SMILES string of the molecule is CCC1(NC(=O)c2ccccc2C#CCCO)CCC1. The summed E-state index contributed by atoms with van der Waals surface area (Å²) >= 11 is 0. The summed E-state index contributed by atoms with van der Waals surface area (Å²) in [5.41, 5.74) is 1.34. The molecular formula is C17H21NO2. The van der Waals surface area contributed by atoms with E-state index >= 15 is 0 Å². The monoisotopic (exact) mass is 271 g/mol. The van der Waals surface area contributed by atoms with Gasteiger partial charge in [-0.3, -0.25) is 4.79 Å². The molecule has 1 fully saturated rings. The lowest BCUT2D eigenvalue weighted by Gasteiger charge is -2.42. The summed E-state index contributed by atoms with van der Waals surface area (Å²) in [6.07, 6.45) is 4.71. The Kier molecular flexibility index (Phi) is 4.81. The number of carbonyl (C=O) groups is 1. The van der Waals surface area contributed by atoms with Crippen molar-refractivity contribution in [2.75, 3.05) is 6.61 Å². The summed E-state index contributed by atoms with van der Waals surface area (Å²) in [7, 11) is 0. The van der Waals surface area contributed by atoms with Crippen molar-refractivity contribution < 1.29 is 9.90 Å². The Balaban J connectivity index is 2.16. The molecule has 106 valence electrons. The van der Waals surface area contributed by atoms with Crippen LogP contribution in [0.2, 0.25) is 0 Å². The molecule has 0 aliphatic heterocycles. The molecule has 20 heavy (non-hydrogen) atoms. The van der Waals surface area contributed by atoms with Crippen LogP contribution >= 0.6 is 0 Å². The largest absolute Gasteiger partial charge is 0.395 e. The highest BCUT2D eigenvalue weighted by Crippen LogP contribution is 2.34. The van der Waals surface area contributed by atoms with Crippen molar-refractivity contribution in [2.24, 2.45) is 0 Å². The number of hydrogen-bond acceptors (Lipinski definition) is 2. The third-order valence-corrected chi connectivity index (χ3v) is 4.00. The molecule has 3 heteroatoms. The van der Waals surface area contributed by atoms with Gasteiger partial charge in [0.05, 0.1) is 12.2 Å². The average Bonchev–Trinajstić information content (AvgIpc) is 2.43. The van der Waals surface area contributed by atoms with Gasteiger partial charge in [-0.1, -0.05) is 30.9 Å². The molecule has 3 nitrogen and oxygen atoms in total. The van der Waals surface area contributed by atoms with E-state index in [4.69, 9.17) is 5.11 Å². The molecule has 1 aliphatic carbocycles. The van der Waals surface area contributed by atoms with Gasteiger partial charge in [-0.05, 0) is 37.8 Å². The molecule has 0 aromatic heterocycles. The maximum absolute atomic E-state index is 12.4. The fraction of sp³-hybridized carbons (Fsp3) is 0.471. The van der Waals surface area contributed by atoms with Crippen molar-refractivity contribution in [3.05, 3.63) is 35.4 Å². The number of benzene rings is 1. The third kappa shape index (κ3) is 3.20. The van der Waals surface area contributed by atoms with E-state index in [1.807, 2.05) is 18.2 Å². The van der Waals surface area contributed by atoms with Gasteiger partial charge in [0.1, 0.15) is 0 Å². The molecule has 0 radical (unpaired) electrons. The van der Waals surface area contributed by atoms with Crippen LogP contribution in [-0.4, -0.2) is 23.2 Å². The van der Waals surface area contributed by atoms with Gasteiger partial charge in [0.25, 0.3) is 5.91 Å². The Hall–Kier alpha value is -1.79. The zero-order valence-electron chi connectivity index (χ0n) is 11.9. The highest BCUT2D eigenvalue weighted by molar-refractivity contribution is 5.97. The quantitative estimate of drug-likeness (QED) is 0.827. The molecule has 0 heterocycles. The predicted octanol–water partition coefficient (Wildman–Crippen LogP) is 2.48. The van der Waals surface area contributed by atoms with Gasteiger partial charge in [0.2, 0.25) is 0 Å². The minimum Gasteiger partial charge on any atom is -0.395 e. The summed E-state index contributed by atoms with van der Waals surface area (Å²) in [5, 5.41) is 11.9. The first-order chi connectivity index (χ1) is 9.71. The molecule has 1 aliphatic rings. The van der Waals surface area contributed by atoms with Crippen molar-refractivity contribution in [3.8, 4) is 11.8 Å². The first-order valence-electron chi connectivity index (χ1n) is 7.22. The molecule has 1 aromatic carbocycles. The van der Waals surface area contributed by atoms with Crippen LogP contribution in [0.15, 0.2) is 24.3 Å². The number of aliphatic hydroxyl groups excluding tert-OH is 1. The van der Waals surface area contributed by atoms with E-state index in [-0.39, 0.29) is 18.1 Å². The van der Waals surface area contributed by atoms with E-state index in [1.54, 1.807) is 6.07 Å². The Bertz CT molecular complexity index is 530. The van der Waals surface area contributed by atoms with Gasteiger partial charge < -0.3 is 10.4 Å². The molecule has 1 aromatic rings. The van der Waals surface area contributed by atoms with Gasteiger partial charge >= 0.3 is 0 Å². The van der Waals surface area contributed by atoms with Crippen molar-refractivity contribution in [1.29, 1.82) is 0 Å². The van der Waals surface area contributed by atoms with E-state index in [0.717, 1.165) is 24.8 Å². The highest BCUT2D eigenvalue weighted by atomic mass is 16.2. The maximum atomic E-state index is 12.4. The molecule has 1 amide bonds. The average molecular weight is 271 g/mol. The fourth-order valence-electron chi connectivity index (χ4n) is 2.48. The van der Waals surface area contributed by atoms with Crippen LogP contribution in [0.4, 0.5) is 0 Å².